The third-order valence-corrected chi connectivity index (χ3v) is 3.62. The first kappa shape index (κ1) is 14.8. The van der Waals surface area contributed by atoms with Crippen molar-refractivity contribution in [2.75, 3.05) is 19.6 Å². The lowest BCUT2D eigenvalue weighted by Gasteiger charge is -2.39. The summed E-state index contributed by atoms with van der Waals surface area (Å²) in [6.07, 6.45) is -4.89. The van der Waals surface area contributed by atoms with Gasteiger partial charge in [-0.25, -0.2) is 0 Å². The molecule has 1 saturated heterocycles. The molecule has 2 nitrogen and oxygen atoms in total. The van der Waals surface area contributed by atoms with Crippen LogP contribution in [0.3, 0.4) is 0 Å². The maximum Gasteiger partial charge on any atom is 0.415 e. The zero-order chi connectivity index (χ0) is 13.3. The SMILES string of the molecule is CC(C)(C)C1CCN(CC(O)C(F)(F)F)CC1. The molecular formula is C12H22F3NO. The summed E-state index contributed by atoms with van der Waals surface area (Å²) in [5.74, 6) is 0.557. The van der Waals surface area contributed by atoms with Gasteiger partial charge in [-0.05, 0) is 37.3 Å². The predicted octanol–water partition coefficient (Wildman–Crippen LogP) is 2.67. The standard InChI is InChI=1S/C12H22F3NO/c1-11(2,3)9-4-6-16(7-5-9)8-10(17)12(13,14)15/h9-10,17H,4-8H2,1-3H3. The molecule has 1 rings (SSSR count). The molecule has 0 aromatic rings. The molecule has 0 aromatic heterocycles. The Balaban J connectivity index is 2.38. The van der Waals surface area contributed by atoms with Crippen LogP contribution in [0.4, 0.5) is 13.2 Å². The zero-order valence-electron chi connectivity index (χ0n) is 10.7. The first-order chi connectivity index (χ1) is 7.60. The van der Waals surface area contributed by atoms with Gasteiger partial charge in [0.05, 0.1) is 0 Å². The Labute approximate surface area is 101 Å². The van der Waals surface area contributed by atoms with Gasteiger partial charge in [0.15, 0.2) is 6.10 Å². The second-order valence-corrected chi connectivity index (χ2v) is 6.00. The summed E-state index contributed by atoms with van der Waals surface area (Å²) < 4.78 is 36.6. The lowest BCUT2D eigenvalue weighted by Crippen LogP contribution is -2.45. The minimum Gasteiger partial charge on any atom is -0.382 e. The molecule has 0 spiro atoms. The van der Waals surface area contributed by atoms with Crippen molar-refractivity contribution in [2.45, 2.75) is 45.9 Å². The number of likely N-dealkylation sites (tertiary alicyclic amines) is 1. The van der Waals surface area contributed by atoms with E-state index in [0.29, 0.717) is 19.0 Å². The highest BCUT2D eigenvalue weighted by molar-refractivity contribution is 4.82. The van der Waals surface area contributed by atoms with Crippen LogP contribution in [0.1, 0.15) is 33.6 Å². The Morgan fingerprint density at radius 1 is 1.18 bits per heavy atom. The van der Waals surface area contributed by atoms with Crippen molar-refractivity contribution in [3.63, 3.8) is 0 Å². The van der Waals surface area contributed by atoms with Gasteiger partial charge in [0.25, 0.3) is 0 Å². The molecule has 17 heavy (non-hydrogen) atoms. The van der Waals surface area contributed by atoms with Crippen molar-refractivity contribution in [2.24, 2.45) is 11.3 Å². The summed E-state index contributed by atoms with van der Waals surface area (Å²) in [6, 6.07) is 0. The van der Waals surface area contributed by atoms with E-state index in [9.17, 15) is 13.2 Å². The lowest BCUT2D eigenvalue weighted by molar-refractivity contribution is -0.209. The molecule has 0 radical (unpaired) electrons. The van der Waals surface area contributed by atoms with Crippen LogP contribution in [-0.4, -0.2) is 41.9 Å². The van der Waals surface area contributed by atoms with Crippen LogP contribution >= 0.6 is 0 Å². The Bertz CT molecular complexity index is 239. The summed E-state index contributed by atoms with van der Waals surface area (Å²) in [6.45, 7) is 7.50. The number of piperidine rings is 1. The highest BCUT2D eigenvalue weighted by atomic mass is 19.4. The van der Waals surface area contributed by atoms with Gasteiger partial charge in [0, 0.05) is 6.54 Å². The Kier molecular flexibility index (Phi) is 4.47. The lowest BCUT2D eigenvalue weighted by atomic mass is 9.75. The van der Waals surface area contributed by atoms with Gasteiger partial charge in [0.1, 0.15) is 0 Å². The molecule has 0 aliphatic carbocycles. The third kappa shape index (κ3) is 4.47. The second kappa shape index (κ2) is 5.14. The van der Waals surface area contributed by atoms with E-state index in [4.69, 9.17) is 5.11 Å². The Morgan fingerprint density at radius 3 is 2.00 bits per heavy atom. The number of nitrogens with zero attached hydrogens (tertiary/aromatic N) is 1. The van der Waals surface area contributed by atoms with Crippen LogP contribution in [-0.2, 0) is 0 Å². The number of hydrogen-bond donors (Lipinski definition) is 1. The van der Waals surface area contributed by atoms with Crippen LogP contribution in [0.25, 0.3) is 0 Å². The van der Waals surface area contributed by atoms with E-state index >= 15 is 0 Å². The number of aliphatic hydroxyl groups excluding tert-OH is 1. The minimum atomic E-state index is -4.50. The smallest absolute Gasteiger partial charge is 0.382 e. The van der Waals surface area contributed by atoms with E-state index in [2.05, 4.69) is 20.8 Å². The molecule has 102 valence electrons. The third-order valence-electron chi connectivity index (χ3n) is 3.62. The number of aliphatic hydroxyl groups is 1. The normalized spacial score (nSPS) is 22.8. The number of hydrogen-bond acceptors (Lipinski definition) is 2. The van der Waals surface area contributed by atoms with Crippen molar-refractivity contribution in [1.29, 1.82) is 0 Å². The van der Waals surface area contributed by atoms with Gasteiger partial charge in [-0.15, -0.1) is 0 Å². The molecule has 1 atom stereocenters. The molecule has 1 unspecified atom stereocenters. The predicted molar refractivity (Wildman–Crippen MR) is 60.7 cm³/mol. The number of alkyl halides is 3. The van der Waals surface area contributed by atoms with Gasteiger partial charge < -0.3 is 10.0 Å². The number of halogens is 3. The van der Waals surface area contributed by atoms with Gasteiger partial charge in [-0.3, -0.25) is 0 Å². The van der Waals surface area contributed by atoms with Gasteiger partial charge in [-0.2, -0.15) is 13.2 Å². The molecule has 0 aromatic carbocycles. The van der Waals surface area contributed by atoms with Crippen LogP contribution in [0, 0.1) is 11.3 Å². The molecule has 1 fully saturated rings. The highest BCUT2D eigenvalue weighted by Gasteiger charge is 2.40. The zero-order valence-corrected chi connectivity index (χ0v) is 10.7. The van der Waals surface area contributed by atoms with Crippen molar-refractivity contribution in [1.82, 2.24) is 4.90 Å². The summed E-state index contributed by atoms with van der Waals surface area (Å²) in [5, 5.41) is 9.00. The molecule has 1 aliphatic heterocycles. The average molecular weight is 253 g/mol. The van der Waals surface area contributed by atoms with Crippen LogP contribution in [0.5, 0.6) is 0 Å². The fourth-order valence-corrected chi connectivity index (χ4v) is 2.33. The van der Waals surface area contributed by atoms with E-state index in [1.807, 2.05) is 0 Å². The summed E-state index contributed by atoms with van der Waals surface area (Å²) >= 11 is 0. The fourth-order valence-electron chi connectivity index (χ4n) is 2.33. The van der Waals surface area contributed by atoms with Gasteiger partial charge in [0.2, 0.25) is 0 Å². The average Bonchev–Trinajstić information content (AvgIpc) is 2.15. The molecule has 1 heterocycles. The highest BCUT2D eigenvalue weighted by Crippen LogP contribution is 2.34. The second-order valence-electron chi connectivity index (χ2n) is 6.00. The summed E-state index contributed by atoms with van der Waals surface area (Å²) in [5.41, 5.74) is 0.217. The van der Waals surface area contributed by atoms with Crippen LogP contribution in [0.2, 0.25) is 0 Å². The van der Waals surface area contributed by atoms with E-state index in [1.54, 1.807) is 4.90 Å². The van der Waals surface area contributed by atoms with E-state index in [1.165, 1.54) is 0 Å². The topological polar surface area (TPSA) is 23.5 Å². The molecule has 5 heteroatoms. The minimum absolute atomic E-state index is 0.217. The van der Waals surface area contributed by atoms with Gasteiger partial charge in [-0.1, -0.05) is 20.8 Å². The number of β-amino-alcohol motifs (C(OH)–C–C–N with tert-alkyl or cyclic N) is 1. The summed E-state index contributed by atoms with van der Waals surface area (Å²) in [4.78, 5) is 1.71. The van der Waals surface area contributed by atoms with Crippen molar-refractivity contribution < 1.29 is 18.3 Å². The van der Waals surface area contributed by atoms with E-state index in [0.717, 1.165) is 12.8 Å². The Morgan fingerprint density at radius 2 is 1.65 bits per heavy atom. The molecule has 0 bridgehead atoms. The van der Waals surface area contributed by atoms with Crippen LogP contribution in [0.15, 0.2) is 0 Å². The molecule has 1 aliphatic rings. The van der Waals surface area contributed by atoms with Crippen molar-refractivity contribution >= 4 is 0 Å². The maximum absolute atomic E-state index is 12.2. The largest absolute Gasteiger partial charge is 0.415 e. The van der Waals surface area contributed by atoms with Gasteiger partial charge >= 0.3 is 6.18 Å². The fraction of sp³-hybridized carbons (Fsp3) is 1.00. The monoisotopic (exact) mass is 253 g/mol. The quantitative estimate of drug-likeness (QED) is 0.818. The first-order valence-corrected chi connectivity index (χ1v) is 6.08. The van der Waals surface area contributed by atoms with Crippen molar-refractivity contribution in [3.05, 3.63) is 0 Å². The van der Waals surface area contributed by atoms with E-state index < -0.39 is 12.3 Å². The number of rotatable bonds is 2. The van der Waals surface area contributed by atoms with Crippen molar-refractivity contribution in [3.8, 4) is 0 Å². The maximum atomic E-state index is 12.2. The Hall–Kier alpha value is -0.290. The molecule has 1 N–H and O–H groups in total. The first-order valence-electron chi connectivity index (χ1n) is 6.08. The summed E-state index contributed by atoms with van der Waals surface area (Å²) in [7, 11) is 0. The van der Waals surface area contributed by atoms with Crippen LogP contribution < -0.4 is 0 Å². The molecule has 0 amide bonds. The molecule has 0 saturated carbocycles. The molecular weight excluding hydrogens is 231 g/mol. The van der Waals surface area contributed by atoms with E-state index in [-0.39, 0.29) is 12.0 Å².